The molecule has 0 aliphatic carbocycles. The number of hydrogen-bond donors (Lipinski definition) is 0. The number of hydrogen-bond acceptors (Lipinski definition) is 5. The average Bonchev–Trinajstić information content (AvgIpc) is 2.84. The van der Waals surface area contributed by atoms with Gasteiger partial charge < -0.3 is 9.80 Å². The summed E-state index contributed by atoms with van der Waals surface area (Å²) in [6, 6.07) is 17.6. The van der Waals surface area contributed by atoms with Crippen molar-refractivity contribution < 1.29 is 18.0 Å². The zero-order valence-electron chi connectivity index (χ0n) is 18.7. The molecule has 1 aliphatic rings. The third-order valence-electron chi connectivity index (χ3n) is 5.73. The van der Waals surface area contributed by atoms with E-state index in [0.29, 0.717) is 38.2 Å². The van der Waals surface area contributed by atoms with E-state index in [0.717, 1.165) is 17.1 Å². The predicted octanol–water partition coefficient (Wildman–Crippen LogP) is 1.87. The lowest BCUT2D eigenvalue weighted by atomic mass is 10.1. The van der Waals surface area contributed by atoms with Crippen LogP contribution >= 0.6 is 0 Å². The van der Waals surface area contributed by atoms with Gasteiger partial charge in [-0.2, -0.15) is 9.57 Å². The van der Waals surface area contributed by atoms with E-state index in [9.17, 15) is 18.0 Å². The molecule has 8 nitrogen and oxygen atoms in total. The minimum atomic E-state index is -3.84. The molecular formula is C24H28N4O4S. The fourth-order valence-electron chi connectivity index (χ4n) is 3.71. The van der Waals surface area contributed by atoms with Crippen molar-refractivity contribution in [1.29, 1.82) is 5.26 Å². The molecule has 0 bridgehead atoms. The van der Waals surface area contributed by atoms with Gasteiger partial charge in [0.1, 0.15) is 0 Å². The molecule has 0 N–H and O–H groups in total. The van der Waals surface area contributed by atoms with Crippen LogP contribution in [0.3, 0.4) is 0 Å². The molecule has 2 aromatic carbocycles. The number of nitrogens with zero attached hydrogens (tertiary/aromatic N) is 4. The fourth-order valence-corrected chi connectivity index (χ4v) is 4.83. The Morgan fingerprint density at radius 3 is 2.09 bits per heavy atom. The highest BCUT2D eigenvalue weighted by atomic mass is 32.2. The first kappa shape index (κ1) is 24.4. The number of aryl methyl sites for hydroxylation is 1. The molecule has 33 heavy (non-hydrogen) atoms. The maximum absolute atomic E-state index is 12.7. The maximum Gasteiger partial charge on any atom is 0.243 e. The second kappa shape index (κ2) is 11.1. The predicted molar refractivity (Wildman–Crippen MR) is 124 cm³/mol. The smallest absolute Gasteiger partial charge is 0.243 e. The lowest BCUT2D eigenvalue weighted by molar-refractivity contribution is -0.139. The Morgan fingerprint density at radius 2 is 1.52 bits per heavy atom. The van der Waals surface area contributed by atoms with Crippen molar-refractivity contribution >= 4 is 21.8 Å². The van der Waals surface area contributed by atoms with Gasteiger partial charge >= 0.3 is 0 Å². The number of likely N-dealkylation sites (N-methyl/N-ethyl adjacent to an activating group) is 1. The zero-order valence-corrected chi connectivity index (χ0v) is 19.5. The first-order valence-corrected chi connectivity index (χ1v) is 12.3. The fraction of sp³-hybridized carbons (Fsp3) is 0.375. The van der Waals surface area contributed by atoms with Gasteiger partial charge in [-0.3, -0.25) is 9.59 Å². The number of sulfonamides is 1. The minimum absolute atomic E-state index is 0.0303. The van der Waals surface area contributed by atoms with Gasteiger partial charge in [-0.15, -0.1) is 0 Å². The molecule has 0 saturated carbocycles. The largest absolute Gasteiger partial charge is 0.339 e. The Bertz CT molecular complexity index is 1100. The molecule has 1 heterocycles. The summed E-state index contributed by atoms with van der Waals surface area (Å²) in [7, 11) is -2.48. The molecule has 1 saturated heterocycles. The van der Waals surface area contributed by atoms with E-state index >= 15 is 0 Å². The van der Waals surface area contributed by atoms with Gasteiger partial charge in [-0.05, 0) is 42.7 Å². The van der Waals surface area contributed by atoms with Gasteiger partial charge in [-0.25, -0.2) is 8.42 Å². The monoisotopic (exact) mass is 468 g/mol. The summed E-state index contributed by atoms with van der Waals surface area (Å²) in [6.07, 6.45) is 2.10. The van der Waals surface area contributed by atoms with Crippen molar-refractivity contribution in [2.24, 2.45) is 0 Å². The summed E-state index contributed by atoms with van der Waals surface area (Å²) in [5, 5.41) is 8.86. The molecule has 9 heteroatoms. The SMILES string of the molecule is CN(CC(=O)N1CCN(C(=O)CCCc2ccccc2)CC1)S(=O)(=O)c1ccc(C#N)cc1. The van der Waals surface area contributed by atoms with Crippen LogP contribution in [0.15, 0.2) is 59.5 Å². The van der Waals surface area contributed by atoms with E-state index in [-0.39, 0.29) is 23.3 Å². The first-order valence-electron chi connectivity index (χ1n) is 10.9. The number of amides is 2. The van der Waals surface area contributed by atoms with Crippen molar-refractivity contribution in [3.8, 4) is 6.07 Å². The number of rotatable bonds is 8. The quantitative estimate of drug-likeness (QED) is 0.589. The lowest BCUT2D eigenvalue weighted by Crippen LogP contribution is -2.52. The molecular weight excluding hydrogens is 440 g/mol. The lowest BCUT2D eigenvalue weighted by Gasteiger charge is -2.35. The second-order valence-electron chi connectivity index (χ2n) is 8.00. The van der Waals surface area contributed by atoms with Crippen LogP contribution in [0, 0.1) is 11.3 Å². The van der Waals surface area contributed by atoms with Crippen LogP contribution in [-0.4, -0.2) is 74.1 Å². The minimum Gasteiger partial charge on any atom is -0.339 e. The Labute approximate surface area is 195 Å². The maximum atomic E-state index is 12.7. The highest BCUT2D eigenvalue weighted by molar-refractivity contribution is 7.89. The highest BCUT2D eigenvalue weighted by Gasteiger charge is 2.28. The molecule has 0 radical (unpaired) electrons. The second-order valence-corrected chi connectivity index (χ2v) is 10.0. The topological polar surface area (TPSA) is 102 Å². The molecule has 1 fully saturated rings. The summed E-state index contributed by atoms with van der Waals surface area (Å²) in [5.74, 6) is -0.218. The van der Waals surface area contributed by atoms with Gasteiger partial charge in [0.05, 0.1) is 23.1 Å². The number of benzene rings is 2. The van der Waals surface area contributed by atoms with E-state index in [1.165, 1.54) is 36.9 Å². The van der Waals surface area contributed by atoms with Crippen molar-refractivity contribution in [3.63, 3.8) is 0 Å². The van der Waals surface area contributed by atoms with Crippen molar-refractivity contribution in [1.82, 2.24) is 14.1 Å². The van der Waals surface area contributed by atoms with Crippen molar-refractivity contribution in [2.75, 3.05) is 39.8 Å². The van der Waals surface area contributed by atoms with Crippen LogP contribution in [0.5, 0.6) is 0 Å². The molecule has 0 aromatic heterocycles. The highest BCUT2D eigenvalue weighted by Crippen LogP contribution is 2.16. The summed E-state index contributed by atoms with van der Waals surface area (Å²) >= 11 is 0. The molecule has 1 aliphatic heterocycles. The van der Waals surface area contributed by atoms with Crippen molar-refractivity contribution in [2.45, 2.75) is 24.2 Å². The summed E-state index contributed by atoms with van der Waals surface area (Å²) in [4.78, 5) is 28.6. The Morgan fingerprint density at radius 1 is 0.939 bits per heavy atom. The number of carbonyl (C=O) groups excluding carboxylic acids is 2. The van der Waals surface area contributed by atoms with Gasteiger partial charge in [0, 0.05) is 39.6 Å². The molecule has 0 spiro atoms. The standard InChI is InChI=1S/C24H28N4O4S/c1-26(33(31,32)22-12-10-21(18-25)11-13-22)19-24(30)28-16-14-27(15-17-28)23(29)9-5-8-20-6-3-2-4-7-20/h2-4,6-7,10-13H,5,8-9,14-17,19H2,1H3. The molecule has 2 aromatic rings. The Hall–Kier alpha value is -3.22. The number of nitriles is 1. The summed E-state index contributed by atoms with van der Waals surface area (Å²) in [5.41, 5.74) is 1.57. The van der Waals surface area contributed by atoms with Gasteiger partial charge in [0.25, 0.3) is 0 Å². The van der Waals surface area contributed by atoms with E-state index in [1.807, 2.05) is 36.4 Å². The van der Waals surface area contributed by atoms with Crippen LogP contribution in [0.1, 0.15) is 24.0 Å². The van der Waals surface area contributed by atoms with Gasteiger partial charge in [0.15, 0.2) is 0 Å². The number of carbonyl (C=O) groups is 2. The molecule has 0 unspecified atom stereocenters. The molecule has 174 valence electrons. The van der Waals surface area contributed by atoms with Crippen LogP contribution in [-0.2, 0) is 26.0 Å². The van der Waals surface area contributed by atoms with Crippen molar-refractivity contribution in [3.05, 3.63) is 65.7 Å². The Kier molecular flexibility index (Phi) is 8.20. The Balaban J connectivity index is 1.45. The van der Waals surface area contributed by atoms with E-state index in [1.54, 1.807) is 9.80 Å². The van der Waals surface area contributed by atoms with Crippen LogP contribution in [0.25, 0.3) is 0 Å². The zero-order chi connectivity index (χ0) is 23.8. The van der Waals surface area contributed by atoms with Gasteiger partial charge in [-0.1, -0.05) is 30.3 Å². The van der Waals surface area contributed by atoms with Crippen LogP contribution in [0.4, 0.5) is 0 Å². The van der Waals surface area contributed by atoms with E-state index < -0.39 is 10.0 Å². The van der Waals surface area contributed by atoms with Crippen LogP contribution in [0.2, 0.25) is 0 Å². The summed E-state index contributed by atoms with van der Waals surface area (Å²) < 4.78 is 26.4. The molecule has 2 amide bonds. The van der Waals surface area contributed by atoms with Crippen LogP contribution < -0.4 is 0 Å². The average molecular weight is 469 g/mol. The third kappa shape index (κ3) is 6.40. The third-order valence-corrected chi connectivity index (χ3v) is 7.55. The summed E-state index contributed by atoms with van der Waals surface area (Å²) in [6.45, 7) is 1.37. The van der Waals surface area contributed by atoms with E-state index in [4.69, 9.17) is 5.26 Å². The van der Waals surface area contributed by atoms with Gasteiger partial charge in [0.2, 0.25) is 21.8 Å². The van der Waals surface area contributed by atoms with E-state index in [2.05, 4.69) is 0 Å². The number of piperazine rings is 1. The molecule has 3 rings (SSSR count). The molecule has 0 atom stereocenters. The first-order chi connectivity index (χ1) is 15.8. The normalized spacial score (nSPS) is 14.2.